The van der Waals surface area contributed by atoms with Crippen molar-refractivity contribution in [2.45, 2.75) is 20.3 Å². The Bertz CT molecular complexity index is 270. The van der Waals surface area contributed by atoms with E-state index in [2.05, 4.69) is 66.8 Å². The first-order valence-electron chi connectivity index (χ1n) is 4.08. The van der Waals surface area contributed by atoms with Gasteiger partial charge in [0.25, 0.3) is 0 Å². The normalized spacial score (nSPS) is 11.8. The van der Waals surface area contributed by atoms with Crippen LogP contribution in [0.3, 0.4) is 0 Å². The summed E-state index contributed by atoms with van der Waals surface area (Å²) in [4.78, 5) is 0. The molecule has 0 unspecified atom stereocenters. The minimum absolute atomic E-state index is 1.08. The van der Waals surface area contributed by atoms with Crippen molar-refractivity contribution >= 4 is 22.6 Å². The van der Waals surface area contributed by atoms with E-state index in [1.807, 2.05) is 0 Å². The van der Waals surface area contributed by atoms with Crippen LogP contribution in [0.1, 0.15) is 19.4 Å². The van der Waals surface area contributed by atoms with Gasteiger partial charge in [0.2, 0.25) is 0 Å². The number of allylic oxidation sites excluding steroid dienone is 2. The molecule has 0 saturated heterocycles. The van der Waals surface area contributed by atoms with Crippen molar-refractivity contribution in [2.75, 3.05) is 0 Å². The van der Waals surface area contributed by atoms with Gasteiger partial charge in [0.15, 0.2) is 0 Å². The summed E-state index contributed by atoms with van der Waals surface area (Å²) in [6.45, 7) is 4.25. The summed E-state index contributed by atoms with van der Waals surface area (Å²) in [7, 11) is 0. The van der Waals surface area contributed by atoms with Crippen LogP contribution in [0, 0.1) is 3.57 Å². The number of hydrogen-bond acceptors (Lipinski definition) is 0. The van der Waals surface area contributed by atoms with Gasteiger partial charge < -0.3 is 0 Å². The van der Waals surface area contributed by atoms with Crippen molar-refractivity contribution in [3.63, 3.8) is 0 Å². The molecule has 64 valence electrons. The summed E-state index contributed by atoms with van der Waals surface area (Å²) in [6.07, 6.45) is 3.24. The zero-order valence-corrected chi connectivity index (χ0v) is 9.63. The molecule has 0 atom stereocenters. The third kappa shape index (κ3) is 2.97. The monoisotopic (exact) mass is 272 g/mol. The van der Waals surface area contributed by atoms with E-state index < -0.39 is 0 Å². The van der Waals surface area contributed by atoms with E-state index in [0.29, 0.717) is 0 Å². The second kappa shape index (κ2) is 4.65. The second-order valence-electron chi connectivity index (χ2n) is 2.94. The van der Waals surface area contributed by atoms with Crippen LogP contribution >= 0.6 is 22.6 Å². The highest BCUT2D eigenvalue weighted by molar-refractivity contribution is 14.1. The van der Waals surface area contributed by atoms with Gasteiger partial charge in [0.1, 0.15) is 0 Å². The molecule has 0 amide bonds. The molecule has 0 heterocycles. The largest absolute Gasteiger partial charge is 0.0884 e. The Morgan fingerprint density at radius 1 is 1.33 bits per heavy atom. The van der Waals surface area contributed by atoms with Gasteiger partial charge in [-0.15, -0.1) is 0 Å². The highest BCUT2D eigenvalue weighted by Crippen LogP contribution is 2.10. The van der Waals surface area contributed by atoms with Crippen molar-refractivity contribution in [3.05, 3.63) is 45.0 Å². The summed E-state index contributed by atoms with van der Waals surface area (Å²) in [5.74, 6) is 0. The fourth-order valence-electron chi connectivity index (χ4n) is 1.03. The summed E-state index contributed by atoms with van der Waals surface area (Å²) >= 11 is 2.32. The molecule has 0 bridgehead atoms. The summed E-state index contributed by atoms with van der Waals surface area (Å²) in [6, 6.07) is 8.68. The molecule has 0 nitrogen and oxygen atoms in total. The third-order valence-electron chi connectivity index (χ3n) is 1.89. The van der Waals surface area contributed by atoms with Gasteiger partial charge in [-0.3, -0.25) is 0 Å². The molecule has 0 radical (unpaired) electrons. The average molecular weight is 272 g/mol. The summed E-state index contributed by atoms with van der Waals surface area (Å²) < 4.78 is 1.30. The van der Waals surface area contributed by atoms with E-state index in [9.17, 15) is 0 Å². The lowest BCUT2D eigenvalue weighted by Gasteiger charge is -2.00. The number of benzene rings is 1. The highest BCUT2D eigenvalue weighted by Gasteiger charge is 1.93. The van der Waals surface area contributed by atoms with Gasteiger partial charge in [-0.2, -0.15) is 0 Å². The predicted molar refractivity (Wildman–Crippen MR) is 62.3 cm³/mol. The first kappa shape index (κ1) is 9.78. The molecule has 1 aromatic rings. The van der Waals surface area contributed by atoms with Gasteiger partial charge >= 0.3 is 0 Å². The van der Waals surface area contributed by atoms with Gasteiger partial charge in [0.05, 0.1) is 0 Å². The van der Waals surface area contributed by atoms with Crippen LogP contribution in [0.15, 0.2) is 35.9 Å². The molecular formula is C11H13I. The summed E-state index contributed by atoms with van der Waals surface area (Å²) in [5.41, 5.74) is 2.82. The maximum absolute atomic E-state index is 2.32. The molecule has 12 heavy (non-hydrogen) atoms. The Kier molecular flexibility index (Phi) is 3.79. The van der Waals surface area contributed by atoms with Crippen LogP contribution in [0.2, 0.25) is 0 Å². The Labute approximate surface area is 87.8 Å². The summed E-state index contributed by atoms with van der Waals surface area (Å²) in [5, 5.41) is 0. The topological polar surface area (TPSA) is 0 Å². The van der Waals surface area contributed by atoms with Crippen molar-refractivity contribution in [2.24, 2.45) is 0 Å². The zero-order valence-electron chi connectivity index (χ0n) is 7.47. The quantitative estimate of drug-likeness (QED) is 0.567. The average Bonchev–Trinajstić information content (AvgIpc) is 2.09. The Morgan fingerprint density at radius 3 is 2.42 bits per heavy atom. The van der Waals surface area contributed by atoms with E-state index in [1.54, 1.807) is 0 Å². The molecule has 0 aromatic heterocycles. The predicted octanol–water partition coefficient (Wildman–Crippen LogP) is 3.80. The molecule has 0 N–H and O–H groups in total. The van der Waals surface area contributed by atoms with Gasteiger partial charge in [-0.1, -0.05) is 23.8 Å². The Hall–Kier alpha value is -0.310. The molecular weight excluding hydrogens is 259 g/mol. The van der Waals surface area contributed by atoms with E-state index in [4.69, 9.17) is 0 Å². The molecule has 0 aliphatic carbocycles. The van der Waals surface area contributed by atoms with Gasteiger partial charge in [-0.05, 0) is 60.6 Å². The molecule has 0 aliphatic heterocycles. The molecule has 1 rings (SSSR count). The molecule has 1 aromatic carbocycles. The zero-order chi connectivity index (χ0) is 8.97. The second-order valence-corrected chi connectivity index (χ2v) is 4.18. The fraction of sp³-hybridized carbons (Fsp3) is 0.273. The van der Waals surface area contributed by atoms with E-state index in [1.165, 1.54) is 14.7 Å². The van der Waals surface area contributed by atoms with Crippen LogP contribution in [0.4, 0.5) is 0 Å². The minimum atomic E-state index is 1.08. The smallest absolute Gasteiger partial charge is 0.0130 e. The van der Waals surface area contributed by atoms with Crippen LogP contribution in [-0.4, -0.2) is 0 Å². The highest BCUT2D eigenvalue weighted by atomic mass is 127. The minimum Gasteiger partial charge on any atom is -0.0884 e. The SMILES string of the molecule is C/C=C(\C)Cc1ccc(I)cc1. The molecule has 0 spiro atoms. The Balaban J connectivity index is 2.71. The standard InChI is InChI=1S/C11H13I/c1-3-9(2)8-10-4-6-11(12)7-5-10/h3-7H,8H2,1-2H3/b9-3+. The van der Waals surface area contributed by atoms with Gasteiger partial charge in [0, 0.05) is 3.57 Å². The van der Waals surface area contributed by atoms with E-state index >= 15 is 0 Å². The maximum atomic E-state index is 2.32. The van der Waals surface area contributed by atoms with Crippen LogP contribution < -0.4 is 0 Å². The van der Waals surface area contributed by atoms with Crippen LogP contribution in [0.25, 0.3) is 0 Å². The van der Waals surface area contributed by atoms with E-state index in [0.717, 1.165) is 6.42 Å². The van der Waals surface area contributed by atoms with Crippen molar-refractivity contribution in [1.29, 1.82) is 0 Å². The fourth-order valence-corrected chi connectivity index (χ4v) is 1.39. The first-order valence-corrected chi connectivity index (χ1v) is 5.16. The lowest BCUT2D eigenvalue weighted by atomic mass is 10.1. The van der Waals surface area contributed by atoms with Gasteiger partial charge in [-0.25, -0.2) is 0 Å². The Morgan fingerprint density at radius 2 is 1.92 bits per heavy atom. The third-order valence-corrected chi connectivity index (χ3v) is 2.61. The lowest BCUT2D eigenvalue weighted by Crippen LogP contribution is -1.85. The molecule has 0 aliphatic rings. The lowest BCUT2D eigenvalue weighted by molar-refractivity contribution is 1.13. The van der Waals surface area contributed by atoms with Crippen LogP contribution in [-0.2, 0) is 6.42 Å². The maximum Gasteiger partial charge on any atom is 0.0130 e. The van der Waals surface area contributed by atoms with Crippen molar-refractivity contribution in [1.82, 2.24) is 0 Å². The number of halogens is 1. The number of hydrogen-bond donors (Lipinski definition) is 0. The first-order chi connectivity index (χ1) is 5.72. The van der Waals surface area contributed by atoms with E-state index in [-0.39, 0.29) is 0 Å². The molecule has 1 heteroatoms. The van der Waals surface area contributed by atoms with Crippen LogP contribution in [0.5, 0.6) is 0 Å². The molecule has 0 fully saturated rings. The van der Waals surface area contributed by atoms with Crippen molar-refractivity contribution in [3.8, 4) is 0 Å². The van der Waals surface area contributed by atoms with Crippen molar-refractivity contribution < 1.29 is 0 Å². The number of rotatable bonds is 2. The molecule has 0 saturated carbocycles.